The van der Waals surface area contributed by atoms with Gasteiger partial charge in [-0.05, 0) is 36.8 Å². The largest absolute Gasteiger partial charge is 0.388 e. The van der Waals surface area contributed by atoms with Gasteiger partial charge in [0.25, 0.3) is 0 Å². The maximum atomic E-state index is 9.99. The number of rotatable bonds is 5. The number of thioether (sulfide) groups is 1. The summed E-state index contributed by atoms with van der Waals surface area (Å²) in [6.07, 6.45) is 6.09. The number of hydrogen-bond donors (Lipinski definition) is 1. The van der Waals surface area contributed by atoms with Crippen LogP contribution in [-0.2, 0) is 0 Å². The fraction of sp³-hybridized carbons (Fsp3) is 0.600. The van der Waals surface area contributed by atoms with Gasteiger partial charge in [-0.3, -0.25) is 0 Å². The summed E-state index contributed by atoms with van der Waals surface area (Å²) in [4.78, 5) is 1.27. The van der Waals surface area contributed by atoms with Gasteiger partial charge in [0.1, 0.15) is 0 Å². The summed E-state index contributed by atoms with van der Waals surface area (Å²) in [6.45, 7) is 2.03. The first-order valence-electron chi connectivity index (χ1n) is 6.71. The summed E-state index contributed by atoms with van der Waals surface area (Å²) in [5.74, 6) is 2.11. The van der Waals surface area contributed by atoms with E-state index >= 15 is 0 Å². The third-order valence-corrected chi connectivity index (χ3v) is 4.93. The van der Waals surface area contributed by atoms with Crippen molar-refractivity contribution in [1.29, 1.82) is 0 Å². The Labute approximate surface area is 109 Å². The summed E-state index contributed by atoms with van der Waals surface area (Å²) in [6, 6.07) is 8.30. The molecule has 1 aromatic carbocycles. The molecule has 2 rings (SSSR count). The van der Waals surface area contributed by atoms with Gasteiger partial charge in [-0.25, -0.2) is 0 Å². The summed E-state index contributed by atoms with van der Waals surface area (Å²) >= 11 is 1.93. The maximum absolute atomic E-state index is 9.99. The van der Waals surface area contributed by atoms with Crippen molar-refractivity contribution in [2.75, 3.05) is 5.75 Å². The Hall–Kier alpha value is -0.470. The van der Waals surface area contributed by atoms with Gasteiger partial charge in [0.15, 0.2) is 0 Å². The second-order valence-corrected chi connectivity index (χ2v) is 5.99. The summed E-state index contributed by atoms with van der Waals surface area (Å²) in [7, 11) is 0. The number of benzene rings is 1. The predicted octanol–water partition coefficient (Wildman–Crippen LogP) is 4.41. The van der Waals surface area contributed by atoms with Crippen molar-refractivity contribution in [3.05, 3.63) is 29.8 Å². The molecule has 0 aromatic heterocycles. The molecule has 0 saturated heterocycles. The Morgan fingerprint density at radius 1 is 1.29 bits per heavy atom. The third-order valence-electron chi connectivity index (χ3n) is 3.61. The molecule has 0 radical (unpaired) electrons. The number of aliphatic hydroxyl groups excluding tert-OH is 1. The predicted molar refractivity (Wildman–Crippen MR) is 74.4 cm³/mol. The smallest absolute Gasteiger partial charge is 0.0798 e. The van der Waals surface area contributed by atoms with E-state index in [9.17, 15) is 5.11 Å². The maximum Gasteiger partial charge on any atom is 0.0798 e. The lowest BCUT2D eigenvalue weighted by Gasteiger charge is -2.15. The minimum Gasteiger partial charge on any atom is -0.388 e. The normalized spacial score (nSPS) is 18.5. The average molecular weight is 250 g/mol. The van der Waals surface area contributed by atoms with Gasteiger partial charge in [-0.1, -0.05) is 38.0 Å². The van der Waals surface area contributed by atoms with Crippen molar-refractivity contribution in [3.63, 3.8) is 0 Å². The molecule has 1 N–H and O–H groups in total. The number of hydrogen-bond acceptors (Lipinski definition) is 2. The highest BCUT2D eigenvalue weighted by molar-refractivity contribution is 7.99. The van der Waals surface area contributed by atoms with Crippen LogP contribution >= 0.6 is 11.8 Å². The van der Waals surface area contributed by atoms with Crippen LogP contribution in [0.5, 0.6) is 0 Å². The van der Waals surface area contributed by atoms with E-state index in [2.05, 4.69) is 18.2 Å². The SMILES string of the molecule is CC[C@H](O)c1ccccc1SCC1CCCC1. The quantitative estimate of drug-likeness (QED) is 0.781. The molecule has 0 heterocycles. The van der Waals surface area contributed by atoms with Crippen molar-refractivity contribution >= 4 is 11.8 Å². The third kappa shape index (κ3) is 3.49. The van der Waals surface area contributed by atoms with Crippen LogP contribution in [-0.4, -0.2) is 10.9 Å². The van der Waals surface area contributed by atoms with E-state index in [1.54, 1.807) is 0 Å². The first kappa shape index (κ1) is 13.0. The van der Waals surface area contributed by atoms with Crippen LogP contribution in [0, 0.1) is 5.92 Å². The van der Waals surface area contributed by atoms with E-state index in [4.69, 9.17) is 0 Å². The van der Waals surface area contributed by atoms with Gasteiger partial charge in [-0.15, -0.1) is 11.8 Å². The fourth-order valence-electron chi connectivity index (χ4n) is 2.49. The topological polar surface area (TPSA) is 20.2 Å². The van der Waals surface area contributed by atoms with Gasteiger partial charge in [0.05, 0.1) is 6.10 Å². The van der Waals surface area contributed by atoms with Crippen molar-refractivity contribution in [2.45, 2.75) is 50.0 Å². The molecule has 0 aliphatic heterocycles. The minimum absolute atomic E-state index is 0.303. The molecule has 0 amide bonds. The van der Waals surface area contributed by atoms with E-state index in [-0.39, 0.29) is 6.10 Å². The molecular weight excluding hydrogens is 228 g/mol. The molecule has 1 saturated carbocycles. The van der Waals surface area contributed by atoms with Gasteiger partial charge >= 0.3 is 0 Å². The number of aliphatic hydroxyl groups is 1. The first-order chi connectivity index (χ1) is 8.31. The highest BCUT2D eigenvalue weighted by Crippen LogP contribution is 2.34. The summed E-state index contributed by atoms with van der Waals surface area (Å²) in [5.41, 5.74) is 1.11. The molecule has 1 fully saturated rings. The second-order valence-electron chi connectivity index (χ2n) is 4.92. The molecule has 0 spiro atoms. The highest BCUT2D eigenvalue weighted by atomic mass is 32.2. The molecule has 2 heteroatoms. The zero-order chi connectivity index (χ0) is 12.1. The zero-order valence-electron chi connectivity index (χ0n) is 10.6. The molecule has 1 atom stereocenters. The molecule has 1 nitrogen and oxygen atoms in total. The molecule has 17 heavy (non-hydrogen) atoms. The van der Waals surface area contributed by atoms with E-state index in [1.165, 1.54) is 36.3 Å². The van der Waals surface area contributed by atoms with Crippen LogP contribution in [0.3, 0.4) is 0 Å². The fourth-order valence-corrected chi connectivity index (χ4v) is 3.79. The van der Waals surface area contributed by atoms with Crippen LogP contribution in [0.25, 0.3) is 0 Å². The molecule has 0 unspecified atom stereocenters. The van der Waals surface area contributed by atoms with E-state index in [0.717, 1.165) is 17.9 Å². The van der Waals surface area contributed by atoms with Gasteiger partial charge < -0.3 is 5.11 Å². The van der Waals surface area contributed by atoms with Gasteiger partial charge in [-0.2, -0.15) is 0 Å². The molecule has 0 bridgehead atoms. The standard InChI is InChI=1S/C15H22OS/c1-2-14(16)13-9-5-6-10-15(13)17-11-12-7-3-4-8-12/h5-6,9-10,12,14,16H,2-4,7-8,11H2,1H3/t14-/m0/s1. The lowest BCUT2D eigenvalue weighted by molar-refractivity contribution is 0.171. The van der Waals surface area contributed by atoms with Crippen molar-refractivity contribution in [1.82, 2.24) is 0 Å². The molecule has 1 aliphatic carbocycles. The second kappa shape index (κ2) is 6.46. The lowest BCUT2D eigenvalue weighted by Crippen LogP contribution is -2.00. The van der Waals surface area contributed by atoms with Crippen molar-refractivity contribution < 1.29 is 5.11 Å². The van der Waals surface area contributed by atoms with Gasteiger partial charge in [0.2, 0.25) is 0 Å². The van der Waals surface area contributed by atoms with E-state index in [0.29, 0.717) is 0 Å². The Balaban J connectivity index is 1.98. The Bertz CT molecular complexity index is 345. The monoisotopic (exact) mass is 250 g/mol. The van der Waals surface area contributed by atoms with E-state index < -0.39 is 0 Å². The van der Waals surface area contributed by atoms with Crippen LogP contribution in [0.15, 0.2) is 29.2 Å². The van der Waals surface area contributed by atoms with Crippen LogP contribution in [0.4, 0.5) is 0 Å². The Morgan fingerprint density at radius 2 is 2.00 bits per heavy atom. The lowest BCUT2D eigenvalue weighted by atomic mass is 10.1. The van der Waals surface area contributed by atoms with E-state index in [1.807, 2.05) is 24.8 Å². The van der Waals surface area contributed by atoms with Crippen molar-refractivity contribution in [2.24, 2.45) is 5.92 Å². The average Bonchev–Trinajstić information content (AvgIpc) is 2.89. The van der Waals surface area contributed by atoms with Gasteiger partial charge in [0, 0.05) is 10.6 Å². The summed E-state index contributed by atoms with van der Waals surface area (Å²) < 4.78 is 0. The van der Waals surface area contributed by atoms with Crippen LogP contribution in [0.1, 0.15) is 50.7 Å². The zero-order valence-corrected chi connectivity index (χ0v) is 11.4. The van der Waals surface area contributed by atoms with Crippen LogP contribution in [0.2, 0.25) is 0 Å². The van der Waals surface area contributed by atoms with Crippen molar-refractivity contribution in [3.8, 4) is 0 Å². The Kier molecular flexibility index (Phi) is 4.93. The molecule has 94 valence electrons. The molecule has 1 aliphatic rings. The molecule has 1 aromatic rings. The Morgan fingerprint density at radius 3 is 2.71 bits per heavy atom. The van der Waals surface area contributed by atoms with Crippen LogP contribution < -0.4 is 0 Å². The highest BCUT2D eigenvalue weighted by Gasteiger charge is 2.16. The summed E-state index contributed by atoms with van der Waals surface area (Å²) in [5, 5.41) is 9.99. The molecular formula is C15H22OS. The first-order valence-corrected chi connectivity index (χ1v) is 7.69. The minimum atomic E-state index is -0.303.